The number of aromatic amines is 1. The summed E-state index contributed by atoms with van der Waals surface area (Å²) in [5, 5.41) is 9.54. The van der Waals surface area contributed by atoms with Crippen molar-refractivity contribution in [3.05, 3.63) is 24.3 Å². The van der Waals surface area contributed by atoms with Gasteiger partial charge in [0, 0.05) is 19.2 Å². The maximum Gasteiger partial charge on any atom is 0.141 e. The summed E-state index contributed by atoms with van der Waals surface area (Å²) in [6.07, 6.45) is 4.70. The molecule has 0 aliphatic rings. The zero-order valence-corrected chi connectivity index (χ0v) is 8.20. The Morgan fingerprint density at radius 2 is 2.33 bits per heavy atom. The largest absolute Gasteiger partial charge is 0.396 e. The fourth-order valence-corrected chi connectivity index (χ4v) is 1.29. The molecule has 0 spiro atoms. The number of aliphatic hydroxyl groups is 1. The molecule has 0 atom stereocenters. The number of aromatic nitrogens is 3. The van der Waals surface area contributed by atoms with Crippen LogP contribution in [-0.2, 0) is 0 Å². The summed E-state index contributed by atoms with van der Waals surface area (Å²) in [6, 6.07) is 1.91. The first-order valence-corrected chi connectivity index (χ1v) is 4.79. The molecule has 2 aromatic rings. The van der Waals surface area contributed by atoms with Crippen LogP contribution in [0.4, 0.5) is 0 Å². The van der Waals surface area contributed by atoms with E-state index in [0.717, 1.165) is 16.7 Å². The molecule has 0 aromatic carbocycles. The number of H-pyrrole nitrogens is 1. The highest BCUT2D eigenvalue weighted by molar-refractivity contribution is 5.80. The van der Waals surface area contributed by atoms with Crippen LogP contribution >= 0.6 is 0 Å². The van der Waals surface area contributed by atoms with E-state index < -0.39 is 0 Å². The first-order valence-electron chi connectivity index (χ1n) is 4.79. The average molecular weight is 201 g/mol. The van der Waals surface area contributed by atoms with E-state index in [0.29, 0.717) is 12.8 Å². The fourth-order valence-electron chi connectivity index (χ4n) is 1.29. The van der Waals surface area contributed by atoms with Crippen LogP contribution < -0.4 is 0 Å². The monoisotopic (exact) mass is 201 g/mol. The molecule has 0 bridgehead atoms. The summed E-state index contributed by atoms with van der Waals surface area (Å²) in [5.41, 5.74) is 1.54. The minimum atomic E-state index is 0.179. The van der Waals surface area contributed by atoms with Crippen LogP contribution in [0.2, 0.25) is 0 Å². The first kappa shape index (κ1) is 9.69. The van der Waals surface area contributed by atoms with Crippen molar-refractivity contribution in [2.24, 2.45) is 0 Å². The molecule has 15 heavy (non-hydrogen) atoms. The van der Waals surface area contributed by atoms with E-state index in [1.54, 1.807) is 0 Å². The molecule has 4 heteroatoms. The summed E-state index contributed by atoms with van der Waals surface area (Å²) >= 11 is 0. The van der Waals surface area contributed by atoms with Gasteiger partial charge in [-0.25, -0.2) is 9.97 Å². The number of aliphatic hydroxyl groups excluding tert-OH is 1. The van der Waals surface area contributed by atoms with Gasteiger partial charge in [0.2, 0.25) is 0 Å². The van der Waals surface area contributed by atoms with Crippen molar-refractivity contribution in [1.29, 1.82) is 0 Å². The van der Waals surface area contributed by atoms with Gasteiger partial charge in [-0.1, -0.05) is 5.92 Å². The van der Waals surface area contributed by atoms with Gasteiger partial charge in [-0.05, 0) is 18.4 Å². The van der Waals surface area contributed by atoms with Crippen LogP contribution in [0.3, 0.4) is 0 Å². The van der Waals surface area contributed by atoms with E-state index in [1.807, 2.05) is 12.3 Å². The van der Waals surface area contributed by atoms with Crippen molar-refractivity contribution in [2.75, 3.05) is 6.61 Å². The van der Waals surface area contributed by atoms with Crippen LogP contribution in [0.15, 0.2) is 18.6 Å². The normalized spacial score (nSPS) is 9.93. The van der Waals surface area contributed by atoms with Crippen molar-refractivity contribution in [1.82, 2.24) is 15.0 Å². The number of rotatable bonds is 2. The van der Waals surface area contributed by atoms with Crippen molar-refractivity contribution < 1.29 is 5.11 Å². The van der Waals surface area contributed by atoms with Gasteiger partial charge in [0.1, 0.15) is 17.7 Å². The van der Waals surface area contributed by atoms with Gasteiger partial charge in [0.25, 0.3) is 0 Å². The van der Waals surface area contributed by atoms with Crippen LogP contribution in [-0.4, -0.2) is 26.7 Å². The van der Waals surface area contributed by atoms with Gasteiger partial charge in [-0.3, -0.25) is 0 Å². The summed E-state index contributed by atoms with van der Waals surface area (Å²) < 4.78 is 0. The predicted octanol–water partition coefficient (Wildman–Crippen LogP) is 1.08. The molecule has 2 N–H and O–H groups in total. The molecular weight excluding hydrogens is 190 g/mol. The number of nitrogens with zero attached hydrogens (tertiary/aromatic N) is 2. The van der Waals surface area contributed by atoms with E-state index in [4.69, 9.17) is 5.11 Å². The topological polar surface area (TPSA) is 61.8 Å². The lowest BCUT2D eigenvalue weighted by molar-refractivity contribution is 0.290. The number of hydrogen-bond donors (Lipinski definition) is 2. The summed E-state index contributed by atoms with van der Waals surface area (Å²) in [4.78, 5) is 11.2. The summed E-state index contributed by atoms with van der Waals surface area (Å²) in [7, 11) is 0. The summed E-state index contributed by atoms with van der Waals surface area (Å²) in [5.74, 6) is 5.95. The zero-order chi connectivity index (χ0) is 10.5. The van der Waals surface area contributed by atoms with Crippen LogP contribution in [0.25, 0.3) is 11.0 Å². The van der Waals surface area contributed by atoms with E-state index >= 15 is 0 Å². The highest BCUT2D eigenvalue weighted by Crippen LogP contribution is 2.11. The number of hydrogen-bond acceptors (Lipinski definition) is 3. The highest BCUT2D eigenvalue weighted by Gasteiger charge is 1.99. The Kier molecular flexibility index (Phi) is 2.96. The molecular formula is C11H11N3O. The van der Waals surface area contributed by atoms with Crippen molar-refractivity contribution >= 4 is 11.0 Å². The Morgan fingerprint density at radius 3 is 3.20 bits per heavy atom. The molecule has 0 saturated heterocycles. The minimum absolute atomic E-state index is 0.179. The van der Waals surface area contributed by atoms with Crippen LogP contribution in [0.5, 0.6) is 0 Å². The lowest BCUT2D eigenvalue weighted by Crippen LogP contribution is -1.86. The Bertz CT molecular complexity index is 507. The minimum Gasteiger partial charge on any atom is -0.396 e. The maximum absolute atomic E-state index is 8.60. The van der Waals surface area contributed by atoms with Gasteiger partial charge in [-0.15, -0.1) is 0 Å². The second-order valence-corrected chi connectivity index (χ2v) is 3.09. The maximum atomic E-state index is 8.60. The smallest absolute Gasteiger partial charge is 0.141 e. The molecule has 2 aromatic heterocycles. The molecule has 0 amide bonds. The first-order chi connectivity index (χ1) is 7.42. The van der Waals surface area contributed by atoms with Gasteiger partial charge in [-0.2, -0.15) is 0 Å². The SMILES string of the molecule is OCCCC#Cc1ncnc2[nH]ccc12. The zero-order valence-electron chi connectivity index (χ0n) is 8.20. The quantitative estimate of drug-likeness (QED) is 0.564. The molecule has 76 valence electrons. The molecule has 0 radical (unpaired) electrons. The van der Waals surface area contributed by atoms with Crippen molar-refractivity contribution in [2.45, 2.75) is 12.8 Å². The average Bonchev–Trinajstić information content (AvgIpc) is 2.73. The Hall–Kier alpha value is -1.86. The fraction of sp³-hybridized carbons (Fsp3) is 0.273. The predicted molar refractivity (Wildman–Crippen MR) is 57.1 cm³/mol. The van der Waals surface area contributed by atoms with E-state index in [-0.39, 0.29) is 6.61 Å². The standard InChI is InChI=1S/C11H11N3O/c15-7-3-1-2-4-10-9-5-6-12-11(9)14-8-13-10/h5-6,8,15H,1,3,7H2,(H,12,13,14). The third-order valence-corrected chi connectivity index (χ3v) is 2.02. The Balaban J connectivity index is 2.26. The number of nitrogens with one attached hydrogen (secondary N) is 1. The highest BCUT2D eigenvalue weighted by atomic mass is 16.2. The molecule has 0 fully saturated rings. The molecule has 2 rings (SSSR count). The second kappa shape index (κ2) is 4.58. The summed E-state index contributed by atoms with van der Waals surface area (Å²) in [6.45, 7) is 0.179. The molecule has 0 aliphatic heterocycles. The molecule has 4 nitrogen and oxygen atoms in total. The van der Waals surface area contributed by atoms with Crippen molar-refractivity contribution in [3.63, 3.8) is 0 Å². The Morgan fingerprint density at radius 1 is 1.40 bits per heavy atom. The van der Waals surface area contributed by atoms with E-state index in [1.165, 1.54) is 6.33 Å². The van der Waals surface area contributed by atoms with E-state index in [9.17, 15) is 0 Å². The molecule has 0 unspecified atom stereocenters. The third kappa shape index (κ3) is 2.14. The van der Waals surface area contributed by atoms with Crippen molar-refractivity contribution in [3.8, 4) is 11.8 Å². The Labute approximate surface area is 87.4 Å². The second-order valence-electron chi connectivity index (χ2n) is 3.09. The molecule has 2 heterocycles. The molecule has 0 aliphatic carbocycles. The van der Waals surface area contributed by atoms with Gasteiger partial charge in [0.15, 0.2) is 0 Å². The van der Waals surface area contributed by atoms with E-state index in [2.05, 4.69) is 26.8 Å². The van der Waals surface area contributed by atoms with Crippen LogP contribution in [0, 0.1) is 11.8 Å². The van der Waals surface area contributed by atoms with Gasteiger partial charge >= 0.3 is 0 Å². The lowest BCUT2D eigenvalue weighted by Gasteiger charge is -1.91. The third-order valence-electron chi connectivity index (χ3n) is 2.02. The molecule has 0 saturated carbocycles. The van der Waals surface area contributed by atoms with Gasteiger partial charge in [0.05, 0.1) is 5.39 Å². The lowest BCUT2D eigenvalue weighted by atomic mass is 10.2. The van der Waals surface area contributed by atoms with Crippen LogP contribution in [0.1, 0.15) is 18.5 Å². The van der Waals surface area contributed by atoms with Gasteiger partial charge < -0.3 is 10.1 Å². The number of unbranched alkanes of at least 4 members (excludes halogenated alkanes) is 1. The number of fused-ring (bicyclic) bond motifs is 1.